The molecule has 2 atom stereocenters. The van der Waals surface area contributed by atoms with E-state index in [0.717, 1.165) is 0 Å². The number of ether oxygens (including phenoxy) is 2. The van der Waals surface area contributed by atoms with Gasteiger partial charge in [-0.05, 0) is 24.3 Å². The van der Waals surface area contributed by atoms with Gasteiger partial charge in [-0.3, -0.25) is 4.79 Å². The van der Waals surface area contributed by atoms with E-state index in [1.807, 2.05) is 0 Å². The Balaban J connectivity index is 2.05. The first kappa shape index (κ1) is 17.4. The van der Waals surface area contributed by atoms with Crippen LogP contribution in [0.5, 0.6) is 0 Å². The summed E-state index contributed by atoms with van der Waals surface area (Å²) in [6, 6.07) is 16.2. The zero-order chi connectivity index (χ0) is 17.4. The van der Waals surface area contributed by atoms with Crippen LogP contribution in [0.2, 0.25) is 0 Å². The molecule has 0 aliphatic carbocycles. The molecule has 2 rings (SSSR count). The molecule has 2 aromatic carbocycles. The Kier molecular flexibility index (Phi) is 6.22. The number of benzene rings is 2. The number of carbonyl (C=O) groups excluding carboxylic acids is 3. The van der Waals surface area contributed by atoms with Crippen molar-refractivity contribution < 1.29 is 29.0 Å². The van der Waals surface area contributed by atoms with Gasteiger partial charge in [-0.2, -0.15) is 0 Å². The number of esters is 2. The smallest absolute Gasteiger partial charge is 0.338 e. The number of hydrogen-bond donors (Lipinski definition) is 1. The third-order valence-corrected chi connectivity index (χ3v) is 3.20. The van der Waals surface area contributed by atoms with Crippen molar-refractivity contribution in [1.29, 1.82) is 0 Å². The van der Waals surface area contributed by atoms with Crippen LogP contribution >= 0.6 is 0 Å². The quantitative estimate of drug-likeness (QED) is 0.614. The predicted octanol–water partition coefficient (Wildman–Crippen LogP) is 1.63. The molecule has 6 nitrogen and oxygen atoms in total. The largest absolute Gasteiger partial charge is 0.452 e. The molecule has 0 fully saturated rings. The molecule has 0 saturated heterocycles. The third-order valence-electron chi connectivity index (χ3n) is 3.20. The van der Waals surface area contributed by atoms with Crippen LogP contribution in [0.15, 0.2) is 60.7 Å². The van der Waals surface area contributed by atoms with Crippen LogP contribution < -0.4 is 0 Å². The second-order valence-electron chi connectivity index (χ2n) is 4.86. The van der Waals surface area contributed by atoms with Crippen LogP contribution in [0, 0.1) is 0 Å². The SMILES string of the molecule is O=C[C@@H](OC(=O)c1ccccc1)[C@@H](CO)OC(=O)c1ccccc1. The summed E-state index contributed by atoms with van der Waals surface area (Å²) in [7, 11) is 0. The topological polar surface area (TPSA) is 89.9 Å². The van der Waals surface area contributed by atoms with E-state index in [-0.39, 0.29) is 11.1 Å². The Hall–Kier alpha value is -2.99. The van der Waals surface area contributed by atoms with E-state index >= 15 is 0 Å². The highest BCUT2D eigenvalue weighted by molar-refractivity contribution is 5.91. The average Bonchev–Trinajstić information content (AvgIpc) is 2.65. The van der Waals surface area contributed by atoms with Gasteiger partial charge in [0.05, 0.1) is 17.7 Å². The van der Waals surface area contributed by atoms with Crippen molar-refractivity contribution in [2.24, 2.45) is 0 Å². The average molecular weight is 328 g/mol. The molecule has 0 unspecified atom stereocenters. The van der Waals surface area contributed by atoms with E-state index in [9.17, 15) is 19.5 Å². The van der Waals surface area contributed by atoms with E-state index in [1.165, 1.54) is 24.3 Å². The van der Waals surface area contributed by atoms with Gasteiger partial charge in [0, 0.05) is 0 Å². The zero-order valence-electron chi connectivity index (χ0n) is 12.7. The van der Waals surface area contributed by atoms with Crippen LogP contribution in [0.4, 0.5) is 0 Å². The summed E-state index contributed by atoms with van der Waals surface area (Å²) in [6.07, 6.45) is -2.38. The van der Waals surface area contributed by atoms with Crippen LogP contribution in [0.25, 0.3) is 0 Å². The lowest BCUT2D eigenvalue weighted by molar-refractivity contribution is -0.123. The van der Waals surface area contributed by atoms with Gasteiger partial charge < -0.3 is 14.6 Å². The van der Waals surface area contributed by atoms with Gasteiger partial charge in [0.25, 0.3) is 0 Å². The number of carbonyl (C=O) groups is 3. The highest BCUT2D eigenvalue weighted by Crippen LogP contribution is 2.11. The van der Waals surface area contributed by atoms with Gasteiger partial charge in [-0.25, -0.2) is 9.59 Å². The fourth-order valence-electron chi connectivity index (χ4n) is 1.95. The fourth-order valence-corrected chi connectivity index (χ4v) is 1.95. The van der Waals surface area contributed by atoms with Gasteiger partial charge >= 0.3 is 11.9 Å². The minimum Gasteiger partial charge on any atom is -0.452 e. The number of aliphatic hydroxyl groups is 1. The number of rotatable bonds is 7. The first-order valence-electron chi connectivity index (χ1n) is 7.24. The second kappa shape index (κ2) is 8.59. The summed E-state index contributed by atoms with van der Waals surface area (Å²) in [5, 5.41) is 9.38. The highest BCUT2D eigenvalue weighted by atomic mass is 16.6. The van der Waals surface area contributed by atoms with E-state index in [4.69, 9.17) is 9.47 Å². The zero-order valence-corrected chi connectivity index (χ0v) is 12.7. The summed E-state index contributed by atoms with van der Waals surface area (Å²) in [5.74, 6) is -1.47. The Labute approximate surface area is 138 Å². The second-order valence-corrected chi connectivity index (χ2v) is 4.86. The van der Waals surface area contributed by atoms with Crippen molar-refractivity contribution in [3.8, 4) is 0 Å². The lowest BCUT2D eigenvalue weighted by Crippen LogP contribution is -2.39. The van der Waals surface area contributed by atoms with Crippen LogP contribution in [-0.2, 0) is 14.3 Å². The molecule has 0 spiro atoms. The molecule has 0 heterocycles. The normalized spacial score (nSPS) is 12.7. The summed E-state index contributed by atoms with van der Waals surface area (Å²) in [5.41, 5.74) is 0.505. The fraction of sp³-hybridized carbons (Fsp3) is 0.167. The van der Waals surface area contributed by atoms with E-state index in [1.54, 1.807) is 36.4 Å². The van der Waals surface area contributed by atoms with Gasteiger partial charge in [-0.1, -0.05) is 36.4 Å². The number of hydrogen-bond acceptors (Lipinski definition) is 6. The van der Waals surface area contributed by atoms with E-state index in [2.05, 4.69) is 0 Å². The van der Waals surface area contributed by atoms with Crippen molar-refractivity contribution in [3.05, 3.63) is 71.8 Å². The van der Waals surface area contributed by atoms with E-state index < -0.39 is 30.8 Å². The van der Waals surface area contributed by atoms with Gasteiger partial charge in [0.2, 0.25) is 0 Å². The van der Waals surface area contributed by atoms with Crippen LogP contribution in [-0.4, -0.2) is 42.1 Å². The molecule has 0 bridgehead atoms. The molecule has 0 aromatic heterocycles. The molecular formula is C18H16O6. The lowest BCUT2D eigenvalue weighted by atomic mass is 10.2. The standard InChI is InChI=1S/C18H16O6/c19-11-15(23-17(21)13-7-3-1-4-8-13)16(12-20)24-18(22)14-9-5-2-6-10-14/h1-11,15-16,20H,12H2/t15-,16-/m1/s1. The molecule has 6 heteroatoms. The monoisotopic (exact) mass is 328 g/mol. The lowest BCUT2D eigenvalue weighted by Gasteiger charge is -2.21. The molecule has 0 amide bonds. The maximum absolute atomic E-state index is 12.0. The Morgan fingerprint density at radius 2 is 1.33 bits per heavy atom. The highest BCUT2D eigenvalue weighted by Gasteiger charge is 2.28. The van der Waals surface area contributed by atoms with Crippen LogP contribution in [0.3, 0.4) is 0 Å². The molecule has 1 N–H and O–H groups in total. The van der Waals surface area contributed by atoms with Gasteiger partial charge in [0.15, 0.2) is 18.5 Å². The molecular weight excluding hydrogens is 312 g/mol. The maximum Gasteiger partial charge on any atom is 0.338 e. The number of aldehydes is 1. The molecule has 0 radical (unpaired) electrons. The van der Waals surface area contributed by atoms with Gasteiger partial charge in [0.1, 0.15) is 0 Å². The molecule has 2 aromatic rings. The third kappa shape index (κ3) is 4.50. The number of aliphatic hydroxyl groups excluding tert-OH is 1. The first-order chi connectivity index (χ1) is 11.7. The minimum absolute atomic E-state index is 0.246. The minimum atomic E-state index is -1.41. The molecule has 0 aliphatic rings. The van der Waals surface area contributed by atoms with Crippen molar-refractivity contribution >= 4 is 18.2 Å². The molecule has 124 valence electrons. The molecule has 0 aliphatic heterocycles. The predicted molar refractivity (Wildman–Crippen MR) is 84.4 cm³/mol. The molecule has 0 saturated carbocycles. The van der Waals surface area contributed by atoms with Crippen molar-refractivity contribution in [2.45, 2.75) is 12.2 Å². The Morgan fingerprint density at radius 3 is 1.75 bits per heavy atom. The molecule has 24 heavy (non-hydrogen) atoms. The van der Waals surface area contributed by atoms with Crippen molar-refractivity contribution in [2.75, 3.05) is 6.61 Å². The van der Waals surface area contributed by atoms with Crippen LogP contribution in [0.1, 0.15) is 20.7 Å². The Morgan fingerprint density at radius 1 is 0.875 bits per heavy atom. The van der Waals surface area contributed by atoms with Gasteiger partial charge in [-0.15, -0.1) is 0 Å². The first-order valence-corrected chi connectivity index (χ1v) is 7.24. The van der Waals surface area contributed by atoms with E-state index in [0.29, 0.717) is 6.29 Å². The summed E-state index contributed by atoms with van der Waals surface area (Å²) in [6.45, 7) is -0.663. The maximum atomic E-state index is 12.0. The van der Waals surface area contributed by atoms with Crippen molar-refractivity contribution in [1.82, 2.24) is 0 Å². The summed E-state index contributed by atoms with van der Waals surface area (Å²) in [4.78, 5) is 35.2. The van der Waals surface area contributed by atoms with Crippen molar-refractivity contribution in [3.63, 3.8) is 0 Å². The summed E-state index contributed by atoms with van der Waals surface area (Å²) >= 11 is 0. The summed E-state index contributed by atoms with van der Waals surface area (Å²) < 4.78 is 10.1. The Bertz CT molecular complexity index is 683.